The molecular weight excluding hydrogens is 378 g/mol. The van der Waals surface area contributed by atoms with Gasteiger partial charge in [-0.15, -0.1) is 11.3 Å². The fraction of sp³-hybridized carbons (Fsp3) is 0.278. The Morgan fingerprint density at radius 2 is 2.04 bits per heavy atom. The van der Waals surface area contributed by atoms with Crippen LogP contribution < -0.4 is 0 Å². The second kappa shape index (κ2) is 7.32. The first kappa shape index (κ1) is 18.2. The average Bonchev–Trinajstić information content (AvgIpc) is 3.18. The van der Waals surface area contributed by atoms with E-state index in [2.05, 4.69) is 0 Å². The molecule has 2 aromatic rings. The Balaban J connectivity index is 1.68. The van der Waals surface area contributed by atoms with E-state index in [1.807, 2.05) is 36.4 Å². The van der Waals surface area contributed by atoms with E-state index in [-0.39, 0.29) is 23.5 Å². The van der Waals surface area contributed by atoms with Gasteiger partial charge >= 0.3 is 0 Å². The fourth-order valence-corrected chi connectivity index (χ4v) is 5.80. The lowest BCUT2D eigenvalue weighted by molar-refractivity contribution is -0.126. The van der Waals surface area contributed by atoms with Crippen molar-refractivity contribution in [3.05, 3.63) is 52.4 Å². The van der Waals surface area contributed by atoms with Gasteiger partial charge in [0.15, 0.2) is 9.84 Å². The van der Waals surface area contributed by atoms with Crippen molar-refractivity contribution < 1.29 is 13.2 Å². The molecule has 7 heteroatoms. The van der Waals surface area contributed by atoms with Crippen LogP contribution in [0.5, 0.6) is 0 Å². The second-order valence-electron chi connectivity index (χ2n) is 6.02. The van der Waals surface area contributed by atoms with Gasteiger partial charge < -0.3 is 4.90 Å². The molecule has 0 aliphatic carbocycles. The van der Waals surface area contributed by atoms with E-state index >= 15 is 0 Å². The lowest BCUT2D eigenvalue weighted by Crippen LogP contribution is -2.36. The van der Waals surface area contributed by atoms with Crippen LogP contribution in [0.1, 0.15) is 11.3 Å². The predicted octanol–water partition coefficient (Wildman–Crippen LogP) is 3.73. The number of amides is 1. The molecule has 0 spiro atoms. The standard InChI is InChI=1S/C18H18ClNO3S2/c1-20(13-10-11-25(22,23)12-13)18(21)9-7-14-6-8-17(24-14)15-4-2-3-5-16(15)19/h2-9,13H,10-12H2,1H3. The molecule has 4 nitrogen and oxygen atoms in total. The van der Waals surface area contributed by atoms with E-state index in [0.29, 0.717) is 11.4 Å². The number of thiophene rings is 1. The molecule has 1 fully saturated rings. The van der Waals surface area contributed by atoms with Crippen molar-refractivity contribution in [2.45, 2.75) is 12.5 Å². The number of carbonyl (C=O) groups is 1. The Kier molecular flexibility index (Phi) is 5.32. The zero-order valence-electron chi connectivity index (χ0n) is 13.7. The number of halogens is 1. The second-order valence-corrected chi connectivity index (χ2v) is 9.77. The number of sulfone groups is 1. The van der Waals surface area contributed by atoms with Gasteiger partial charge in [0.1, 0.15) is 0 Å². The number of nitrogens with zero attached hydrogens (tertiary/aromatic N) is 1. The minimum Gasteiger partial charge on any atom is -0.338 e. The van der Waals surface area contributed by atoms with Crippen LogP contribution in [0.3, 0.4) is 0 Å². The maximum absolute atomic E-state index is 12.3. The molecule has 0 bridgehead atoms. The van der Waals surface area contributed by atoms with Crippen LogP contribution in [0.15, 0.2) is 42.5 Å². The maximum atomic E-state index is 12.3. The Labute approximate surface area is 156 Å². The SMILES string of the molecule is CN(C(=O)C=Cc1ccc(-c2ccccc2Cl)s1)C1CCS(=O)(=O)C1. The van der Waals surface area contributed by atoms with E-state index in [9.17, 15) is 13.2 Å². The van der Waals surface area contributed by atoms with Gasteiger partial charge in [-0.3, -0.25) is 4.79 Å². The highest BCUT2D eigenvalue weighted by Gasteiger charge is 2.32. The summed E-state index contributed by atoms with van der Waals surface area (Å²) in [4.78, 5) is 15.8. The first-order chi connectivity index (χ1) is 11.9. The van der Waals surface area contributed by atoms with Crippen molar-refractivity contribution in [3.8, 4) is 10.4 Å². The first-order valence-corrected chi connectivity index (χ1v) is 10.9. The highest BCUT2D eigenvalue weighted by atomic mass is 35.5. The highest BCUT2D eigenvalue weighted by molar-refractivity contribution is 7.91. The molecule has 25 heavy (non-hydrogen) atoms. The molecule has 1 aliphatic rings. The summed E-state index contributed by atoms with van der Waals surface area (Å²) in [7, 11) is -1.35. The van der Waals surface area contributed by atoms with Gasteiger partial charge in [-0.1, -0.05) is 29.8 Å². The molecule has 1 atom stereocenters. The monoisotopic (exact) mass is 395 g/mol. The van der Waals surface area contributed by atoms with E-state index in [1.54, 1.807) is 24.5 Å². The fourth-order valence-electron chi connectivity index (χ4n) is 2.78. The van der Waals surface area contributed by atoms with Crippen LogP contribution in [-0.4, -0.2) is 43.8 Å². The summed E-state index contributed by atoms with van der Waals surface area (Å²) in [5.41, 5.74) is 0.966. The van der Waals surface area contributed by atoms with Gasteiger partial charge in [0.05, 0.1) is 11.5 Å². The molecule has 132 valence electrons. The summed E-state index contributed by atoms with van der Waals surface area (Å²) in [5.74, 6) is 0.0268. The summed E-state index contributed by atoms with van der Waals surface area (Å²) in [6.45, 7) is 0. The number of benzene rings is 1. The number of hydrogen-bond donors (Lipinski definition) is 0. The quantitative estimate of drug-likeness (QED) is 0.741. The zero-order valence-corrected chi connectivity index (χ0v) is 16.1. The Bertz CT molecular complexity index is 918. The smallest absolute Gasteiger partial charge is 0.246 e. The molecule has 0 saturated carbocycles. The van der Waals surface area contributed by atoms with E-state index < -0.39 is 9.84 Å². The normalized spacial score (nSPS) is 19.4. The Morgan fingerprint density at radius 3 is 2.72 bits per heavy atom. The van der Waals surface area contributed by atoms with Gasteiger partial charge in [-0.25, -0.2) is 8.42 Å². The van der Waals surface area contributed by atoms with Crippen molar-refractivity contribution in [2.75, 3.05) is 18.6 Å². The van der Waals surface area contributed by atoms with Crippen LogP contribution in [0.2, 0.25) is 5.02 Å². The summed E-state index contributed by atoms with van der Waals surface area (Å²) in [6.07, 6.45) is 3.76. The van der Waals surface area contributed by atoms with Crippen molar-refractivity contribution in [1.29, 1.82) is 0 Å². The van der Waals surface area contributed by atoms with Gasteiger partial charge in [-0.2, -0.15) is 0 Å². The van der Waals surface area contributed by atoms with Crippen LogP contribution in [0.4, 0.5) is 0 Å². The molecular formula is C18H18ClNO3S2. The average molecular weight is 396 g/mol. The topological polar surface area (TPSA) is 54.5 Å². The number of rotatable bonds is 4. The molecule has 3 rings (SSSR count). The van der Waals surface area contributed by atoms with E-state index in [1.165, 1.54) is 11.0 Å². The summed E-state index contributed by atoms with van der Waals surface area (Å²) >= 11 is 7.76. The van der Waals surface area contributed by atoms with Crippen LogP contribution >= 0.6 is 22.9 Å². The largest absolute Gasteiger partial charge is 0.338 e. The minimum atomic E-state index is -3.00. The van der Waals surface area contributed by atoms with Crippen LogP contribution in [0.25, 0.3) is 16.5 Å². The molecule has 0 N–H and O–H groups in total. The van der Waals surface area contributed by atoms with Crippen molar-refractivity contribution in [2.24, 2.45) is 0 Å². The summed E-state index contributed by atoms with van der Waals surface area (Å²) < 4.78 is 23.1. The first-order valence-electron chi connectivity index (χ1n) is 7.86. The highest BCUT2D eigenvalue weighted by Crippen LogP contribution is 2.33. The van der Waals surface area contributed by atoms with E-state index in [4.69, 9.17) is 11.6 Å². The maximum Gasteiger partial charge on any atom is 0.246 e. The third kappa shape index (κ3) is 4.32. The molecule has 2 heterocycles. The molecule has 1 unspecified atom stereocenters. The summed E-state index contributed by atoms with van der Waals surface area (Å²) in [6, 6.07) is 11.3. The number of carbonyl (C=O) groups excluding carboxylic acids is 1. The molecule has 1 aliphatic heterocycles. The number of hydrogen-bond acceptors (Lipinski definition) is 4. The van der Waals surface area contributed by atoms with Crippen molar-refractivity contribution >= 4 is 44.8 Å². The molecule has 1 saturated heterocycles. The molecule has 1 amide bonds. The van der Waals surface area contributed by atoms with Crippen LogP contribution in [0, 0.1) is 0 Å². The van der Waals surface area contributed by atoms with E-state index in [0.717, 1.165) is 15.3 Å². The Morgan fingerprint density at radius 1 is 1.28 bits per heavy atom. The molecule has 0 radical (unpaired) electrons. The molecule has 1 aromatic heterocycles. The van der Waals surface area contributed by atoms with Crippen molar-refractivity contribution in [3.63, 3.8) is 0 Å². The zero-order chi connectivity index (χ0) is 18.0. The Hall–Kier alpha value is -1.63. The lowest BCUT2D eigenvalue weighted by Gasteiger charge is -2.21. The van der Waals surface area contributed by atoms with Gasteiger partial charge in [0, 0.05) is 39.5 Å². The predicted molar refractivity (Wildman–Crippen MR) is 104 cm³/mol. The van der Waals surface area contributed by atoms with Crippen LogP contribution in [-0.2, 0) is 14.6 Å². The summed E-state index contributed by atoms with van der Waals surface area (Å²) in [5, 5.41) is 0.693. The third-order valence-corrected chi connectivity index (χ3v) is 7.42. The lowest BCUT2D eigenvalue weighted by atomic mass is 10.2. The number of likely N-dealkylation sites (N-methyl/N-ethyl adjacent to an activating group) is 1. The molecule has 1 aromatic carbocycles. The van der Waals surface area contributed by atoms with Gasteiger partial charge in [0.25, 0.3) is 0 Å². The third-order valence-electron chi connectivity index (χ3n) is 4.26. The van der Waals surface area contributed by atoms with Crippen molar-refractivity contribution in [1.82, 2.24) is 4.90 Å². The van der Waals surface area contributed by atoms with Gasteiger partial charge in [0.2, 0.25) is 5.91 Å². The minimum absolute atomic E-state index is 0.0543. The van der Waals surface area contributed by atoms with Gasteiger partial charge in [-0.05, 0) is 30.7 Å².